The van der Waals surface area contributed by atoms with Crippen molar-refractivity contribution >= 4 is 18.4 Å². The van der Waals surface area contributed by atoms with Crippen molar-refractivity contribution in [2.75, 3.05) is 0 Å². The predicted octanol–water partition coefficient (Wildman–Crippen LogP) is 2.49. The van der Waals surface area contributed by atoms with Crippen molar-refractivity contribution in [2.45, 2.75) is 38.2 Å². The number of benzene rings is 1. The Bertz CT molecular complexity index is 485. The van der Waals surface area contributed by atoms with Crippen molar-refractivity contribution < 1.29 is 23.9 Å². The first-order valence-electron chi connectivity index (χ1n) is 6.66. The van der Waals surface area contributed by atoms with Gasteiger partial charge in [-0.05, 0) is 49.9 Å². The van der Waals surface area contributed by atoms with Gasteiger partial charge in [-0.3, -0.25) is 4.79 Å². The summed E-state index contributed by atoms with van der Waals surface area (Å²) in [7, 11) is 0. The zero-order chi connectivity index (χ0) is 14.4. The molecule has 1 fully saturated rings. The lowest BCUT2D eigenvalue weighted by Crippen LogP contribution is -2.20. The smallest absolute Gasteiger partial charge is 0.345 e. The Kier molecular flexibility index (Phi) is 4.87. The number of hydrogen-bond donors (Lipinski definition) is 0. The minimum atomic E-state index is -0.743. The number of carbonyl (C=O) groups excluding carboxylic acids is 3. The molecule has 5 heteroatoms. The Hall–Kier alpha value is -2.17. The highest BCUT2D eigenvalue weighted by Gasteiger charge is 2.19. The van der Waals surface area contributed by atoms with Crippen molar-refractivity contribution in [1.29, 1.82) is 0 Å². The Morgan fingerprint density at radius 1 is 0.950 bits per heavy atom. The highest BCUT2D eigenvalue weighted by molar-refractivity contribution is 5.95. The third kappa shape index (κ3) is 3.66. The van der Waals surface area contributed by atoms with Gasteiger partial charge >= 0.3 is 18.4 Å². The van der Waals surface area contributed by atoms with E-state index < -0.39 is 5.97 Å². The van der Waals surface area contributed by atoms with Gasteiger partial charge in [0, 0.05) is 0 Å². The van der Waals surface area contributed by atoms with E-state index in [1.54, 1.807) is 0 Å². The Morgan fingerprint density at radius 3 is 2.05 bits per heavy atom. The van der Waals surface area contributed by atoms with Gasteiger partial charge in [-0.1, -0.05) is 6.42 Å². The van der Waals surface area contributed by atoms with Gasteiger partial charge in [0.05, 0.1) is 11.1 Å². The molecule has 2 rings (SSSR count). The van der Waals surface area contributed by atoms with E-state index in [9.17, 15) is 14.4 Å². The molecule has 1 aromatic carbocycles. The van der Waals surface area contributed by atoms with Crippen LogP contribution in [0.15, 0.2) is 24.3 Å². The summed E-state index contributed by atoms with van der Waals surface area (Å²) in [6, 6.07) is 5.85. The number of hydrogen-bond acceptors (Lipinski definition) is 5. The first-order chi connectivity index (χ1) is 9.70. The first kappa shape index (κ1) is 14.2. The molecule has 0 heterocycles. The van der Waals surface area contributed by atoms with E-state index in [0.717, 1.165) is 25.7 Å². The van der Waals surface area contributed by atoms with Crippen LogP contribution in [0.1, 0.15) is 52.8 Å². The van der Waals surface area contributed by atoms with Gasteiger partial charge in [0.1, 0.15) is 6.10 Å². The fourth-order valence-electron chi connectivity index (χ4n) is 2.26. The molecule has 1 aliphatic rings. The predicted molar refractivity (Wildman–Crippen MR) is 70.2 cm³/mol. The van der Waals surface area contributed by atoms with E-state index in [-0.39, 0.29) is 24.1 Å². The van der Waals surface area contributed by atoms with Crippen LogP contribution in [0.2, 0.25) is 0 Å². The van der Waals surface area contributed by atoms with Crippen LogP contribution in [0.4, 0.5) is 0 Å². The molecule has 1 aromatic rings. The molecular formula is C15H16O5. The molecule has 0 amide bonds. The molecule has 0 atom stereocenters. The van der Waals surface area contributed by atoms with Gasteiger partial charge in [0.2, 0.25) is 0 Å². The van der Waals surface area contributed by atoms with Crippen LogP contribution in [0.5, 0.6) is 0 Å². The maximum atomic E-state index is 11.9. The van der Waals surface area contributed by atoms with Crippen LogP contribution in [0, 0.1) is 0 Å². The van der Waals surface area contributed by atoms with Crippen LogP contribution in [0.25, 0.3) is 0 Å². The van der Waals surface area contributed by atoms with E-state index in [4.69, 9.17) is 4.74 Å². The molecule has 0 unspecified atom stereocenters. The molecule has 0 saturated heterocycles. The normalized spacial score (nSPS) is 15.4. The number of esters is 2. The molecule has 0 N–H and O–H groups in total. The van der Waals surface area contributed by atoms with E-state index in [1.807, 2.05) is 0 Å². The molecular weight excluding hydrogens is 260 g/mol. The molecule has 0 radical (unpaired) electrons. The Morgan fingerprint density at radius 2 is 1.50 bits per heavy atom. The summed E-state index contributed by atoms with van der Waals surface area (Å²) in [4.78, 5) is 33.3. The van der Waals surface area contributed by atoms with Crippen LogP contribution >= 0.6 is 0 Å². The van der Waals surface area contributed by atoms with Gasteiger partial charge in [-0.15, -0.1) is 0 Å². The fraction of sp³-hybridized carbons (Fsp3) is 0.400. The summed E-state index contributed by atoms with van der Waals surface area (Å²) < 4.78 is 9.63. The molecule has 0 bridgehead atoms. The second kappa shape index (κ2) is 6.84. The standard InChI is InChI=1S/C15H16O5/c16-10-19-14(17)11-6-8-12(9-7-11)15(18)20-13-4-2-1-3-5-13/h6-10,13H,1-5H2. The molecule has 0 spiro atoms. The molecule has 0 aliphatic heterocycles. The fourth-order valence-corrected chi connectivity index (χ4v) is 2.26. The molecule has 20 heavy (non-hydrogen) atoms. The minimum absolute atomic E-state index is 0.00375. The van der Waals surface area contributed by atoms with Crippen LogP contribution in [0.3, 0.4) is 0 Å². The van der Waals surface area contributed by atoms with E-state index in [2.05, 4.69) is 4.74 Å². The second-order valence-electron chi connectivity index (χ2n) is 4.74. The maximum absolute atomic E-state index is 11.9. The van der Waals surface area contributed by atoms with Gasteiger partial charge in [0.15, 0.2) is 0 Å². The topological polar surface area (TPSA) is 69.7 Å². The average molecular weight is 276 g/mol. The summed E-state index contributed by atoms with van der Waals surface area (Å²) in [6.45, 7) is 0.0770. The van der Waals surface area contributed by atoms with Crippen LogP contribution < -0.4 is 0 Å². The zero-order valence-electron chi connectivity index (χ0n) is 11.0. The molecule has 106 valence electrons. The lowest BCUT2D eigenvalue weighted by atomic mass is 9.98. The summed E-state index contributed by atoms with van der Waals surface area (Å²) >= 11 is 0. The van der Waals surface area contributed by atoms with Gasteiger partial charge in [0.25, 0.3) is 0 Å². The highest BCUT2D eigenvalue weighted by Crippen LogP contribution is 2.21. The quantitative estimate of drug-likeness (QED) is 0.480. The van der Waals surface area contributed by atoms with Crippen molar-refractivity contribution in [3.8, 4) is 0 Å². The number of rotatable bonds is 4. The van der Waals surface area contributed by atoms with Gasteiger partial charge in [-0.2, -0.15) is 0 Å². The molecule has 5 nitrogen and oxygen atoms in total. The van der Waals surface area contributed by atoms with E-state index in [0.29, 0.717) is 5.56 Å². The molecule has 0 aromatic heterocycles. The van der Waals surface area contributed by atoms with Crippen LogP contribution in [-0.2, 0) is 14.3 Å². The SMILES string of the molecule is O=COC(=O)c1ccc(C(=O)OC2CCCCC2)cc1. The maximum Gasteiger partial charge on any atom is 0.345 e. The van der Waals surface area contributed by atoms with Crippen molar-refractivity contribution in [1.82, 2.24) is 0 Å². The number of ether oxygens (including phenoxy) is 2. The monoisotopic (exact) mass is 276 g/mol. The summed E-state index contributed by atoms with van der Waals surface area (Å²) in [5.74, 6) is -1.13. The molecule has 1 aliphatic carbocycles. The van der Waals surface area contributed by atoms with Crippen molar-refractivity contribution in [2.24, 2.45) is 0 Å². The number of carbonyl (C=O) groups is 3. The Labute approximate surface area is 116 Å². The minimum Gasteiger partial charge on any atom is -0.459 e. The summed E-state index contributed by atoms with van der Waals surface area (Å²) in [5, 5.41) is 0. The first-order valence-corrected chi connectivity index (χ1v) is 6.66. The second-order valence-corrected chi connectivity index (χ2v) is 4.74. The van der Waals surface area contributed by atoms with Crippen LogP contribution in [-0.4, -0.2) is 24.5 Å². The van der Waals surface area contributed by atoms with Crippen molar-refractivity contribution in [3.05, 3.63) is 35.4 Å². The van der Waals surface area contributed by atoms with Gasteiger partial charge < -0.3 is 9.47 Å². The summed E-state index contributed by atoms with van der Waals surface area (Å²) in [6.07, 6.45) is 5.20. The largest absolute Gasteiger partial charge is 0.459 e. The third-order valence-electron chi connectivity index (χ3n) is 3.34. The lowest BCUT2D eigenvalue weighted by molar-refractivity contribution is -0.123. The van der Waals surface area contributed by atoms with Gasteiger partial charge in [-0.25, -0.2) is 9.59 Å². The lowest BCUT2D eigenvalue weighted by Gasteiger charge is -2.21. The summed E-state index contributed by atoms with van der Waals surface area (Å²) in [5.41, 5.74) is 0.601. The molecule has 1 saturated carbocycles. The average Bonchev–Trinajstić information content (AvgIpc) is 2.48. The third-order valence-corrected chi connectivity index (χ3v) is 3.34. The van der Waals surface area contributed by atoms with E-state index in [1.165, 1.54) is 30.7 Å². The van der Waals surface area contributed by atoms with Crippen molar-refractivity contribution in [3.63, 3.8) is 0 Å². The Balaban J connectivity index is 1.96. The highest BCUT2D eigenvalue weighted by atomic mass is 16.6. The van der Waals surface area contributed by atoms with E-state index >= 15 is 0 Å². The zero-order valence-corrected chi connectivity index (χ0v) is 11.0.